The van der Waals surface area contributed by atoms with Crippen LogP contribution in [-0.4, -0.2) is 39.4 Å². The molecule has 2 bridgehead atoms. The van der Waals surface area contributed by atoms with Crippen molar-refractivity contribution < 1.29 is 14.7 Å². The highest BCUT2D eigenvalue weighted by Crippen LogP contribution is 2.70. The molecule has 110 valence electrons. The summed E-state index contributed by atoms with van der Waals surface area (Å²) >= 11 is 2.17. The molecule has 5 nitrogen and oxygen atoms in total. The first-order chi connectivity index (χ1) is 9.88. The van der Waals surface area contributed by atoms with Crippen molar-refractivity contribution in [3.05, 3.63) is 21.0 Å². The molecule has 2 aliphatic carbocycles. The molecule has 4 atom stereocenters. The average Bonchev–Trinajstić information content (AvgIpc) is 2.82. The van der Waals surface area contributed by atoms with Crippen LogP contribution in [0, 0.1) is 11.3 Å². The number of allylic oxidation sites excluding steroid dienone is 3. The number of hydrogen-bond acceptors (Lipinski definition) is 3. The number of aliphatic hydroxyl groups excluding tert-OH is 1. The SMILES string of the molecule is CC12C(O)=C1C(I)=CC13NC(=O)C4(CCCN4C1=O)CC32. The Kier molecular flexibility index (Phi) is 1.88. The fourth-order valence-electron chi connectivity index (χ4n) is 5.23. The molecule has 0 aromatic heterocycles. The predicted octanol–water partition coefficient (Wildman–Crippen LogP) is 1.40. The molecule has 4 fully saturated rings. The lowest BCUT2D eigenvalue weighted by atomic mass is 9.57. The van der Waals surface area contributed by atoms with Crippen LogP contribution < -0.4 is 5.32 Å². The number of hydrogen-bond donors (Lipinski definition) is 2. The topological polar surface area (TPSA) is 69.6 Å². The summed E-state index contributed by atoms with van der Waals surface area (Å²) in [5, 5.41) is 13.3. The van der Waals surface area contributed by atoms with Gasteiger partial charge in [-0.1, -0.05) is 0 Å². The summed E-state index contributed by atoms with van der Waals surface area (Å²) in [5.74, 6) is 0.354. The van der Waals surface area contributed by atoms with Crippen LogP contribution in [0.2, 0.25) is 0 Å². The van der Waals surface area contributed by atoms with E-state index in [2.05, 4.69) is 27.9 Å². The minimum absolute atomic E-state index is 0.0107. The zero-order chi connectivity index (χ0) is 14.8. The van der Waals surface area contributed by atoms with Crippen molar-refractivity contribution in [1.29, 1.82) is 0 Å². The molecule has 6 aliphatic rings. The molecule has 4 unspecified atom stereocenters. The molecule has 0 aromatic carbocycles. The number of piperidine rings is 2. The lowest BCUT2D eigenvalue weighted by Gasteiger charge is -2.60. The van der Waals surface area contributed by atoms with Gasteiger partial charge in [0.1, 0.15) is 16.8 Å². The van der Waals surface area contributed by atoms with E-state index in [1.54, 1.807) is 4.90 Å². The number of nitrogens with one attached hydrogen (secondary N) is 1. The number of halogens is 1. The van der Waals surface area contributed by atoms with Crippen molar-refractivity contribution in [2.75, 3.05) is 6.54 Å². The number of carbonyl (C=O) groups is 2. The van der Waals surface area contributed by atoms with Crippen molar-refractivity contribution >= 4 is 34.4 Å². The lowest BCUT2D eigenvalue weighted by molar-refractivity contribution is -0.174. The van der Waals surface area contributed by atoms with Crippen LogP contribution in [0.4, 0.5) is 0 Å². The molecule has 2 spiro atoms. The molecule has 4 saturated heterocycles. The van der Waals surface area contributed by atoms with E-state index in [0.717, 1.165) is 22.0 Å². The van der Waals surface area contributed by atoms with Gasteiger partial charge in [-0.15, -0.1) is 0 Å². The second-order valence-electron chi connectivity index (χ2n) is 7.09. The van der Waals surface area contributed by atoms with E-state index in [1.807, 2.05) is 13.0 Å². The van der Waals surface area contributed by atoms with E-state index in [0.29, 0.717) is 18.7 Å². The van der Waals surface area contributed by atoms with Gasteiger partial charge in [0, 0.05) is 21.6 Å². The number of nitrogens with zero attached hydrogens (tertiary/aromatic N) is 1. The molecule has 6 heteroatoms. The van der Waals surface area contributed by atoms with Crippen molar-refractivity contribution in [3.8, 4) is 0 Å². The molecule has 0 radical (unpaired) electrons. The van der Waals surface area contributed by atoms with Crippen LogP contribution >= 0.6 is 22.6 Å². The van der Waals surface area contributed by atoms with Gasteiger partial charge in [-0.2, -0.15) is 0 Å². The van der Waals surface area contributed by atoms with Crippen LogP contribution in [0.1, 0.15) is 26.2 Å². The summed E-state index contributed by atoms with van der Waals surface area (Å²) in [6.45, 7) is 2.68. The Balaban J connectivity index is 1.76. The first-order valence-electron chi connectivity index (χ1n) is 7.35. The van der Waals surface area contributed by atoms with Crippen LogP contribution in [0.5, 0.6) is 0 Å². The quantitative estimate of drug-likeness (QED) is 0.607. The Morgan fingerprint density at radius 2 is 2.24 bits per heavy atom. The van der Waals surface area contributed by atoms with Gasteiger partial charge in [0.25, 0.3) is 5.91 Å². The molecule has 2 amide bonds. The summed E-state index contributed by atoms with van der Waals surface area (Å²) in [6, 6.07) is 0. The molecule has 0 saturated carbocycles. The monoisotopic (exact) mass is 398 g/mol. The molecular formula is C15H15IN2O3. The molecular weight excluding hydrogens is 383 g/mol. The standard InChI is InChI=1S/C15H15IN2O3/c1-13-8-6-14-3-2-4-18(14)12(21)15(8,17-11(14)20)5-7(16)9(13)10(13)19/h5,8,19H,2-4,6H2,1H3,(H,17,20). The Hall–Kier alpha value is -1.05. The van der Waals surface area contributed by atoms with E-state index in [9.17, 15) is 14.7 Å². The summed E-state index contributed by atoms with van der Waals surface area (Å²) in [5.41, 5.74) is -1.09. The highest BCUT2D eigenvalue weighted by Gasteiger charge is 2.76. The van der Waals surface area contributed by atoms with Gasteiger partial charge in [-0.3, -0.25) is 9.59 Å². The van der Waals surface area contributed by atoms with Gasteiger partial charge in [0.05, 0.1) is 5.41 Å². The molecule has 2 N–H and O–H groups in total. The number of fused-ring (bicyclic) bond motifs is 2. The minimum atomic E-state index is -0.956. The molecule has 21 heavy (non-hydrogen) atoms. The van der Waals surface area contributed by atoms with E-state index in [-0.39, 0.29) is 17.7 Å². The van der Waals surface area contributed by atoms with Gasteiger partial charge in [-0.25, -0.2) is 0 Å². The number of amides is 2. The number of aliphatic hydroxyl groups is 1. The number of piperazine rings is 1. The largest absolute Gasteiger partial charge is 0.511 e. The fourth-order valence-corrected chi connectivity index (χ4v) is 6.54. The van der Waals surface area contributed by atoms with Gasteiger partial charge >= 0.3 is 0 Å². The summed E-state index contributed by atoms with van der Waals surface area (Å²) in [7, 11) is 0. The van der Waals surface area contributed by atoms with Crippen molar-refractivity contribution in [1.82, 2.24) is 10.2 Å². The number of rotatable bonds is 0. The van der Waals surface area contributed by atoms with Crippen LogP contribution in [0.3, 0.4) is 0 Å². The Labute approximate surface area is 135 Å². The molecule has 0 aromatic rings. The summed E-state index contributed by atoms with van der Waals surface area (Å²) in [6.07, 6.45) is 4.16. The van der Waals surface area contributed by atoms with E-state index >= 15 is 0 Å². The summed E-state index contributed by atoms with van der Waals surface area (Å²) in [4.78, 5) is 27.5. The average molecular weight is 398 g/mol. The second-order valence-corrected chi connectivity index (χ2v) is 8.25. The third-order valence-electron chi connectivity index (χ3n) is 6.40. The molecule has 6 rings (SSSR count). The van der Waals surface area contributed by atoms with Crippen LogP contribution in [0.25, 0.3) is 0 Å². The minimum Gasteiger partial charge on any atom is -0.511 e. The van der Waals surface area contributed by atoms with Gasteiger partial charge in [0.15, 0.2) is 0 Å². The maximum Gasteiger partial charge on any atom is 0.253 e. The highest BCUT2D eigenvalue weighted by molar-refractivity contribution is 14.1. The Morgan fingerprint density at radius 1 is 1.48 bits per heavy atom. The van der Waals surface area contributed by atoms with E-state index in [4.69, 9.17) is 0 Å². The van der Waals surface area contributed by atoms with Crippen LogP contribution in [-0.2, 0) is 9.59 Å². The zero-order valence-corrected chi connectivity index (χ0v) is 13.7. The number of carbonyl (C=O) groups excluding carboxylic acids is 2. The van der Waals surface area contributed by atoms with Crippen molar-refractivity contribution in [2.24, 2.45) is 11.3 Å². The highest BCUT2D eigenvalue weighted by atomic mass is 127. The second kappa shape index (κ2) is 3.16. The van der Waals surface area contributed by atoms with Crippen LogP contribution in [0.15, 0.2) is 21.0 Å². The maximum atomic E-state index is 13.1. The van der Waals surface area contributed by atoms with Gasteiger partial charge in [0.2, 0.25) is 5.91 Å². The zero-order valence-electron chi connectivity index (χ0n) is 11.6. The van der Waals surface area contributed by atoms with Crippen molar-refractivity contribution in [3.63, 3.8) is 0 Å². The first kappa shape index (κ1) is 12.5. The maximum absolute atomic E-state index is 13.1. The Bertz CT molecular complexity index is 714. The first-order valence-corrected chi connectivity index (χ1v) is 8.43. The van der Waals surface area contributed by atoms with Crippen molar-refractivity contribution in [2.45, 2.75) is 37.3 Å². The van der Waals surface area contributed by atoms with E-state index in [1.165, 1.54) is 0 Å². The fraction of sp³-hybridized carbons (Fsp3) is 0.600. The smallest absolute Gasteiger partial charge is 0.253 e. The lowest BCUT2D eigenvalue weighted by Crippen LogP contribution is -2.82. The van der Waals surface area contributed by atoms with Gasteiger partial charge in [-0.05, 0) is 54.9 Å². The Morgan fingerprint density at radius 3 is 3.00 bits per heavy atom. The molecule has 4 aliphatic heterocycles. The van der Waals surface area contributed by atoms with E-state index < -0.39 is 16.5 Å². The molecule has 4 heterocycles. The third-order valence-corrected chi connectivity index (χ3v) is 7.25. The summed E-state index contributed by atoms with van der Waals surface area (Å²) < 4.78 is 0.895. The normalized spacial score (nSPS) is 49.5. The third kappa shape index (κ3) is 1.02. The predicted molar refractivity (Wildman–Crippen MR) is 82.5 cm³/mol. The van der Waals surface area contributed by atoms with Gasteiger partial charge < -0.3 is 15.3 Å².